The molecule has 5 atom stereocenters. The van der Waals surface area contributed by atoms with Gasteiger partial charge in [0.25, 0.3) is 5.91 Å². The Morgan fingerprint density at radius 1 is 1.27 bits per heavy atom. The standard InChI is InChI=1S/C23H29N3O4/c1-14-7-6-10-20(15(14)2)26-13-18(11-21(26)27)23(29)30-16(3)22(28)25-19-9-5-4-8-17(19)12-24/h4-5,8-9,14-16,18,20H,6-7,10-11,13H2,1-3H3,(H,25,28)/t14-,15+,16-,18+,20+/m0/s1. The van der Waals surface area contributed by atoms with E-state index in [1.807, 2.05) is 11.0 Å². The number of esters is 1. The van der Waals surface area contributed by atoms with Gasteiger partial charge in [-0.15, -0.1) is 0 Å². The van der Waals surface area contributed by atoms with Crippen molar-refractivity contribution >= 4 is 23.5 Å². The van der Waals surface area contributed by atoms with Gasteiger partial charge in [0, 0.05) is 19.0 Å². The Hall–Kier alpha value is -2.88. The molecule has 1 aromatic rings. The Bertz CT molecular complexity index is 862. The average Bonchev–Trinajstić information content (AvgIpc) is 3.12. The van der Waals surface area contributed by atoms with Crippen LogP contribution in [0.5, 0.6) is 0 Å². The first-order valence-corrected chi connectivity index (χ1v) is 10.6. The maximum absolute atomic E-state index is 12.6. The zero-order chi connectivity index (χ0) is 21.8. The molecule has 2 aliphatic rings. The van der Waals surface area contributed by atoms with E-state index in [4.69, 9.17) is 10.00 Å². The molecule has 1 aromatic carbocycles. The van der Waals surface area contributed by atoms with Crippen molar-refractivity contribution in [3.05, 3.63) is 29.8 Å². The van der Waals surface area contributed by atoms with Crippen molar-refractivity contribution in [2.24, 2.45) is 17.8 Å². The van der Waals surface area contributed by atoms with Crippen molar-refractivity contribution in [3.63, 3.8) is 0 Å². The minimum Gasteiger partial charge on any atom is -0.452 e. The number of nitrogens with one attached hydrogen (secondary N) is 1. The fourth-order valence-electron chi connectivity index (χ4n) is 4.45. The molecule has 3 rings (SSSR count). The van der Waals surface area contributed by atoms with Crippen LogP contribution in [-0.2, 0) is 19.1 Å². The van der Waals surface area contributed by atoms with Gasteiger partial charge in [0.1, 0.15) is 6.07 Å². The number of carbonyl (C=O) groups excluding carboxylic acids is 3. The van der Waals surface area contributed by atoms with Gasteiger partial charge in [-0.3, -0.25) is 14.4 Å². The molecule has 0 unspecified atom stereocenters. The molecule has 2 fully saturated rings. The number of carbonyl (C=O) groups is 3. The van der Waals surface area contributed by atoms with Crippen LogP contribution < -0.4 is 5.32 Å². The van der Waals surface area contributed by atoms with Crippen LogP contribution in [-0.4, -0.2) is 41.4 Å². The quantitative estimate of drug-likeness (QED) is 0.751. The van der Waals surface area contributed by atoms with Crippen molar-refractivity contribution in [2.45, 2.75) is 58.6 Å². The lowest BCUT2D eigenvalue weighted by molar-refractivity contribution is -0.157. The van der Waals surface area contributed by atoms with Gasteiger partial charge in [0.15, 0.2) is 6.10 Å². The van der Waals surface area contributed by atoms with E-state index in [1.54, 1.807) is 24.3 Å². The fourth-order valence-corrected chi connectivity index (χ4v) is 4.45. The van der Waals surface area contributed by atoms with Crippen LogP contribution in [0.15, 0.2) is 24.3 Å². The van der Waals surface area contributed by atoms with Gasteiger partial charge in [0.2, 0.25) is 5.91 Å². The lowest BCUT2D eigenvalue weighted by atomic mass is 9.77. The van der Waals surface area contributed by atoms with Gasteiger partial charge in [-0.1, -0.05) is 38.8 Å². The summed E-state index contributed by atoms with van der Waals surface area (Å²) in [5.41, 5.74) is 0.702. The zero-order valence-corrected chi connectivity index (χ0v) is 17.8. The summed E-state index contributed by atoms with van der Waals surface area (Å²) >= 11 is 0. The summed E-state index contributed by atoms with van der Waals surface area (Å²) in [6.45, 7) is 6.24. The molecule has 1 saturated carbocycles. The average molecular weight is 412 g/mol. The molecule has 0 bridgehead atoms. The number of benzene rings is 1. The number of amides is 2. The number of hydrogen-bond acceptors (Lipinski definition) is 5. The lowest BCUT2D eigenvalue weighted by Gasteiger charge is -2.39. The third-order valence-corrected chi connectivity index (χ3v) is 6.52. The largest absolute Gasteiger partial charge is 0.452 e. The highest BCUT2D eigenvalue weighted by Crippen LogP contribution is 2.36. The summed E-state index contributed by atoms with van der Waals surface area (Å²) in [6.07, 6.45) is 2.34. The van der Waals surface area contributed by atoms with E-state index in [2.05, 4.69) is 19.2 Å². The van der Waals surface area contributed by atoms with Crippen LogP contribution in [0.1, 0.15) is 52.0 Å². The normalized spacial score (nSPS) is 27.3. The first-order valence-electron chi connectivity index (χ1n) is 10.6. The van der Waals surface area contributed by atoms with E-state index < -0.39 is 23.9 Å². The Labute approximate surface area is 177 Å². The van der Waals surface area contributed by atoms with Crippen LogP contribution >= 0.6 is 0 Å². The molecule has 0 aromatic heterocycles. The van der Waals surface area contributed by atoms with Gasteiger partial charge in [-0.25, -0.2) is 0 Å². The molecule has 1 N–H and O–H groups in total. The topological polar surface area (TPSA) is 99.5 Å². The van der Waals surface area contributed by atoms with Gasteiger partial charge < -0.3 is 15.0 Å². The first-order chi connectivity index (χ1) is 14.3. The molecule has 30 heavy (non-hydrogen) atoms. The van der Waals surface area contributed by atoms with Crippen molar-refractivity contribution in [2.75, 3.05) is 11.9 Å². The molecule has 0 spiro atoms. The van der Waals surface area contributed by atoms with Gasteiger partial charge in [-0.05, 0) is 37.3 Å². The van der Waals surface area contributed by atoms with Crippen LogP contribution in [0.2, 0.25) is 0 Å². The Kier molecular flexibility index (Phi) is 6.76. The molecular formula is C23H29N3O4. The van der Waals surface area contributed by atoms with E-state index in [-0.39, 0.29) is 18.4 Å². The van der Waals surface area contributed by atoms with Crippen LogP contribution in [0.25, 0.3) is 0 Å². The van der Waals surface area contributed by atoms with E-state index in [9.17, 15) is 14.4 Å². The van der Waals surface area contributed by atoms with Crippen molar-refractivity contribution in [1.82, 2.24) is 4.90 Å². The summed E-state index contributed by atoms with van der Waals surface area (Å²) < 4.78 is 5.36. The summed E-state index contributed by atoms with van der Waals surface area (Å²) in [5.74, 6) is -0.642. The Balaban J connectivity index is 1.57. The van der Waals surface area contributed by atoms with Crippen molar-refractivity contribution in [3.8, 4) is 6.07 Å². The predicted molar refractivity (Wildman–Crippen MR) is 111 cm³/mol. The molecule has 160 valence electrons. The van der Waals surface area contributed by atoms with Crippen molar-refractivity contribution < 1.29 is 19.1 Å². The summed E-state index contributed by atoms with van der Waals surface area (Å²) in [6, 6.07) is 8.80. The van der Waals surface area contributed by atoms with Crippen LogP contribution in [0.4, 0.5) is 5.69 Å². The van der Waals surface area contributed by atoms with E-state index in [1.165, 1.54) is 13.3 Å². The summed E-state index contributed by atoms with van der Waals surface area (Å²) in [7, 11) is 0. The van der Waals surface area contributed by atoms with Crippen LogP contribution in [0, 0.1) is 29.1 Å². The second-order valence-corrected chi connectivity index (χ2v) is 8.51. The molecule has 0 radical (unpaired) electrons. The monoisotopic (exact) mass is 411 g/mol. The summed E-state index contributed by atoms with van der Waals surface area (Å²) in [5, 5.41) is 11.7. The third kappa shape index (κ3) is 4.64. The Morgan fingerprint density at radius 2 is 2.00 bits per heavy atom. The van der Waals surface area contributed by atoms with Crippen molar-refractivity contribution in [1.29, 1.82) is 5.26 Å². The predicted octanol–water partition coefficient (Wildman–Crippen LogP) is 3.10. The smallest absolute Gasteiger partial charge is 0.312 e. The molecule has 1 aliphatic heterocycles. The second kappa shape index (κ2) is 9.29. The maximum atomic E-state index is 12.6. The number of likely N-dealkylation sites (tertiary alicyclic amines) is 1. The minimum absolute atomic E-state index is 0.0112. The molecule has 7 heteroatoms. The van der Waals surface area contributed by atoms with E-state index >= 15 is 0 Å². The number of anilines is 1. The second-order valence-electron chi connectivity index (χ2n) is 8.51. The number of ether oxygens (including phenoxy) is 1. The maximum Gasteiger partial charge on any atom is 0.312 e. The van der Waals surface area contributed by atoms with Gasteiger partial charge >= 0.3 is 5.97 Å². The fraction of sp³-hybridized carbons (Fsp3) is 0.565. The first kappa shape index (κ1) is 21.8. The molecule has 1 saturated heterocycles. The third-order valence-electron chi connectivity index (χ3n) is 6.52. The molecule has 2 amide bonds. The van der Waals surface area contributed by atoms with E-state index in [0.717, 1.165) is 12.8 Å². The molecular weight excluding hydrogens is 382 g/mol. The van der Waals surface area contributed by atoms with Crippen LogP contribution in [0.3, 0.4) is 0 Å². The summed E-state index contributed by atoms with van der Waals surface area (Å²) in [4.78, 5) is 39.5. The lowest BCUT2D eigenvalue weighted by Crippen LogP contribution is -2.45. The van der Waals surface area contributed by atoms with Gasteiger partial charge in [0.05, 0.1) is 17.2 Å². The molecule has 1 heterocycles. The SMILES string of the molecule is C[C@H]1[C@H](N2C[C@H](C(=O)O[C@@H](C)C(=O)Nc3ccccc3C#N)CC2=O)CCC[C@@H]1C. The Morgan fingerprint density at radius 3 is 2.73 bits per heavy atom. The number of hydrogen-bond donors (Lipinski definition) is 1. The number of nitriles is 1. The highest BCUT2D eigenvalue weighted by Gasteiger charge is 2.42. The van der Waals surface area contributed by atoms with E-state index in [0.29, 0.717) is 29.6 Å². The highest BCUT2D eigenvalue weighted by molar-refractivity contribution is 5.96. The number of para-hydroxylation sites is 1. The molecule has 7 nitrogen and oxygen atoms in total. The highest BCUT2D eigenvalue weighted by atomic mass is 16.5. The van der Waals surface area contributed by atoms with Gasteiger partial charge in [-0.2, -0.15) is 5.26 Å². The zero-order valence-electron chi connectivity index (χ0n) is 17.8. The molecule has 1 aliphatic carbocycles. The number of rotatable bonds is 5. The minimum atomic E-state index is -1.03. The number of nitrogens with zero attached hydrogens (tertiary/aromatic N) is 2.